The van der Waals surface area contributed by atoms with Gasteiger partial charge < -0.3 is 9.47 Å². The van der Waals surface area contributed by atoms with E-state index < -0.39 is 0 Å². The maximum Gasteiger partial charge on any atom is 0.142 e. The van der Waals surface area contributed by atoms with E-state index in [4.69, 9.17) is 32.7 Å². The fourth-order valence-corrected chi connectivity index (χ4v) is 3.04. The zero-order chi connectivity index (χ0) is 11.1. The molecule has 0 saturated heterocycles. The molecule has 4 heteroatoms. The van der Waals surface area contributed by atoms with Crippen LogP contribution in [0.4, 0.5) is 0 Å². The van der Waals surface area contributed by atoms with Gasteiger partial charge in [0.15, 0.2) is 0 Å². The molecule has 0 unspecified atom stereocenters. The van der Waals surface area contributed by atoms with Crippen LogP contribution in [-0.2, 0) is 19.3 Å². The number of halogens is 2. The van der Waals surface area contributed by atoms with Gasteiger partial charge in [-0.25, -0.2) is 0 Å². The van der Waals surface area contributed by atoms with E-state index in [1.807, 2.05) is 0 Å². The average molecular weight is 259 g/mol. The van der Waals surface area contributed by atoms with Crippen molar-refractivity contribution in [3.8, 4) is 11.5 Å². The van der Waals surface area contributed by atoms with Crippen molar-refractivity contribution in [1.82, 2.24) is 0 Å². The van der Waals surface area contributed by atoms with Crippen molar-refractivity contribution in [2.75, 3.05) is 19.1 Å². The molecular weight excluding hydrogens is 247 g/mol. The van der Waals surface area contributed by atoms with Crippen molar-refractivity contribution in [2.45, 2.75) is 19.3 Å². The van der Waals surface area contributed by atoms with Gasteiger partial charge in [0.2, 0.25) is 0 Å². The topological polar surface area (TPSA) is 18.5 Å². The lowest BCUT2D eigenvalue weighted by molar-refractivity contribution is 0.353. The van der Waals surface area contributed by atoms with Crippen LogP contribution in [-0.4, -0.2) is 19.1 Å². The van der Waals surface area contributed by atoms with Gasteiger partial charge in [-0.15, -0.1) is 11.6 Å². The third kappa shape index (κ3) is 1.40. The van der Waals surface area contributed by atoms with Crippen molar-refractivity contribution in [2.24, 2.45) is 0 Å². The Morgan fingerprint density at radius 3 is 2.44 bits per heavy atom. The summed E-state index contributed by atoms with van der Waals surface area (Å²) in [4.78, 5) is 0. The average Bonchev–Trinajstić information content (AvgIpc) is 2.92. The minimum Gasteiger partial charge on any atom is -0.493 e. The molecule has 3 rings (SSSR count). The summed E-state index contributed by atoms with van der Waals surface area (Å²) in [5.74, 6) is 2.44. The number of benzene rings is 1. The largest absolute Gasteiger partial charge is 0.493 e. The zero-order valence-electron chi connectivity index (χ0n) is 8.82. The Bertz CT molecular complexity index is 408. The lowest BCUT2D eigenvalue weighted by Crippen LogP contribution is -1.98. The summed E-state index contributed by atoms with van der Waals surface area (Å²) < 4.78 is 11.3. The number of hydrogen-bond acceptors (Lipinski definition) is 2. The van der Waals surface area contributed by atoms with Crippen LogP contribution in [0.25, 0.3) is 0 Å². The van der Waals surface area contributed by atoms with Crippen LogP contribution in [0.1, 0.15) is 16.7 Å². The molecule has 0 fully saturated rings. The summed E-state index contributed by atoms with van der Waals surface area (Å²) in [5.41, 5.74) is 3.51. The summed E-state index contributed by atoms with van der Waals surface area (Å²) in [7, 11) is 0. The van der Waals surface area contributed by atoms with Crippen molar-refractivity contribution in [3.63, 3.8) is 0 Å². The van der Waals surface area contributed by atoms with E-state index >= 15 is 0 Å². The van der Waals surface area contributed by atoms with Crippen molar-refractivity contribution < 1.29 is 9.47 Å². The molecule has 2 heterocycles. The number of fused-ring (bicyclic) bond motifs is 2. The maximum atomic E-state index is 6.33. The molecule has 0 N–H and O–H groups in total. The molecule has 2 nitrogen and oxygen atoms in total. The second-order valence-electron chi connectivity index (χ2n) is 4.04. The fraction of sp³-hybridized carbons (Fsp3) is 0.500. The lowest BCUT2D eigenvalue weighted by atomic mass is 9.98. The van der Waals surface area contributed by atoms with Gasteiger partial charge in [0.25, 0.3) is 0 Å². The first kappa shape index (κ1) is 10.5. The summed E-state index contributed by atoms with van der Waals surface area (Å²) in [6.07, 6.45) is 2.62. The molecule has 0 bridgehead atoms. The highest BCUT2D eigenvalue weighted by Crippen LogP contribution is 2.47. The van der Waals surface area contributed by atoms with E-state index in [0.717, 1.165) is 41.3 Å². The third-order valence-corrected chi connectivity index (χ3v) is 3.78. The van der Waals surface area contributed by atoms with Gasteiger partial charge in [0.05, 0.1) is 18.2 Å². The number of hydrogen-bond donors (Lipinski definition) is 0. The monoisotopic (exact) mass is 258 g/mol. The van der Waals surface area contributed by atoms with Crippen LogP contribution in [0.5, 0.6) is 11.5 Å². The molecule has 0 aromatic heterocycles. The Hall–Kier alpha value is -0.600. The molecule has 1 aromatic carbocycles. The molecule has 0 atom stereocenters. The third-order valence-electron chi connectivity index (χ3n) is 3.19. The Labute approximate surface area is 104 Å². The van der Waals surface area contributed by atoms with Gasteiger partial charge in [-0.05, 0) is 6.42 Å². The van der Waals surface area contributed by atoms with E-state index in [2.05, 4.69) is 0 Å². The predicted molar refractivity (Wildman–Crippen MR) is 64.3 cm³/mol. The normalized spacial score (nSPS) is 16.6. The van der Waals surface area contributed by atoms with Gasteiger partial charge in [0.1, 0.15) is 11.5 Å². The fourth-order valence-electron chi connectivity index (χ4n) is 2.51. The molecule has 1 aromatic rings. The van der Waals surface area contributed by atoms with Gasteiger partial charge in [-0.3, -0.25) is 0 Å². The van der Waals surface area contributed by atoms with Crippen molar-refractivity contribution in [3.05, 3.63) is 21.7 Å². The van der Waals surface area contributed by atoms with Gasteiger partial charge in [0, 0.05) is 35.4 Å². The maximum absolute atomic E-state index is 6.33. The molecule has 0 aliphatic carbocycles. The second kappa shape index (κ2) is 4.01. The van der Waals surface area contributed by atoms with Crippen LogP contribution in [0.3, 0.4) is 0 Å². The predicted octanol–water partition coefficient (Wildman–Crippen LogP) is 2.99. The molecule has 2 aliphatic heterocycles. The Kier molecular flexibility index (Phi) is 2.64. The van der Waals surface area contributed by atoms with E-state index in [-0.39, 0.29) is 0 Å². The molecule has 16 heavy (non-hydrogen) atoms. The summed E-state index contributed by atoms with van der Waals surface area (Å²) >= 11 is 12.2. The molecule has 0 radical (unpaired) electrons. The standard InChI is InChI=1S/C12H12Cl2O2/c13-4-1-7-8-2-5-16-12(8)10(14)9-3-6-15-11(7)9/h1-6H2. The molecule has 2 aliphatic rings. The highest BCUT2D eigenvalue weighted by molar-refractivity contribution is 6.33. The van der Waals surface area contributed by atoms with Gasteiger partial charge >= 0.3 is 0 Å². The molecule has 0 saturated carbocycles. The number of ether oxygens (including phenoxy) is 2. The zero-order valence-corrected chi connectivity index (χ0v) is 10.3. The first-order chi connectivity index (χ1) is 7.83. The molecule has 0 amide bonds. The van der Waals surface area contributed by atoms with Crippen LogP contribution in [0.2, 0.25) is 5.02 Å². The molecule has 0 spiro atoms. The summed E-state index contributed by atoms with van der Waals surface area (Å²) in [6.45, 7) is 1.43. The minimum absolute atomic E-state index is 0.601. The van der Waals surface area contributed by atoms with Gasteiger partial charge in [-0.1, -0.05) is 11.6 Å². The van der Waals surface area contributed by atoms with Crippen LogP contribution >= 0.6 is 23.2 Å². The smallest absolute Gasteiger partial charge is 0.142 e. The number of alkyl halides is 1. The Morgan fingerprint density at radius 1 is 1.00 bits per heavy atom. The first-order valence-electron chi connectivity index (χ1n) is 5.50. The Morgan fingerprint density at radius 2 is 1.69 bits per heavy atom. The second-order valence-corrected chi connectivity index (χ2v) is 4.80. The lowest BCUT2D eigenvalue weighted by Gasteiger charge is -2.13. The number of rotatable bonds is 2. The summed E-state index contributed by atoms with van der Waals surface area (Å²) in [5, 5.41) is 0.748. The van der Waals surface area contributed by atoms with Crippen LogP contribution in [0, 0.1) is 0 Å². The molecular formula is C12H12Cl2O2. The van der Waals surface area contributed by atoms with E-state index in [9.17, 15) is 0 Å². The van der Waals surface area contributed by atoms with Crippen molar-refractivity contribution in [1.29, 1.82) is 0 Å². The quantitative estimate of drug-likeness (QED) is 0.760. The SMILES string of the molecule is ClCCc1c2c(c(Cl)c3c1OCC3)OCC2. The van der Waals surface area contributed by atoms with Gasteiger partial charge in [-0.2, -0.15) is 0 Å². The summed E-state index contributed by atoms with van der Waals surface area (Å²) in [6, 6.07) is 0. The minimum atomic E-state index is 0.601. The van der Waals surface area contributed by atoms with E-state index in [0.29, 0.717) is 19.1 Å². The van der Waals surface area contributed by atoms with Crippen molar-refractivity contribution >= 4 is 23.2 Å². The van der Waals surface area contributed by atoms with Crippen LogP contribution < -0.4 is 9.47 Å². The van der Waals surface area contributed by atoms with E-state index in [1.54, 1.807) is 0 Å². The van der Waals surface area contributed by atoms with Crippen LogP contribution in [0.15, 0.2) is 0 Å². The Balaban J connectivity index is 2.23. The first-order valence-corrected chi connectivity index (χ1v) is 6.41. The molecule has 86 valence electrons. The highest BCUT2D eigenvalue weighted by atomic mass is 35.5. The van der Waals surface area contributed by atoms with E-state index in [1.165, 1.54) is 11.1 Å². The highest BCUT2D eigenvalue weighted by Gasteiger charge is 2.30.